The first kappa shape index (κ1) is 55.8. The molecule has 7 aromatic rings. The summed E-state index contributed by atoms with van der Waals surface area (Å²) in [5.74, 6) is -1.10. The number of fused-ring (bicyclic) bond motifs is 1. The first-order valence-electron chi connectivity index (χ1n) is 22.1. The molecule has 0 amide bonds. The summed E-state index contributed by atoms with van der Waals surface area (Å²) < 4.78 is 134. The molecule has 0 bridgehead atoms. The molecule has 7 rings (SSSR count). The summed E-state index contributed by atoms with van der Waals surface area (Å²) in [5.41, 5.74) is 5.14. The van der Waals surface area contributed by atoms with E-state index in [9.17, 15) is 62.1 Å². The van der Waals surface area contributed by atoms with Crippen LogP contribution in [0.5, 0.6) is 11.5 Å². The molecule has 0 fully saturated rings. The molecule has 0 aliphatic heterocycles. The fourth-order valence-electron chi connectivity index (χ4n) is 7.27. The van der Waals surface area contributed by atoms with Gasteiger partial charge in [-0.1, -0.05) is 0 Å². The zero-order chi connectivity index (χ0) is 55.5. The third-order valence-corrected chi connectivity index (χ3v) is 14.7. The van der Waals surface area contributed by atoms with Gasteiger partial charge < -0.3 is 10.2 Å². The Hall–Kier alpha value is -7.96. The lowest BCUT2D eigenvalue weighted by Gasteiger charge is -2.10. The van der Waals surface area contributed by atoms with Gasteiger partial charge in [0.1, 0.15) is 26.9 Å². The van der Waals surface area contributed by atoms with Crippen LogP contribution in [0.15, 0.2) is 169 Å². The van der Waals surface area contributed by atoms with Gasteiger partial charge in [-0.2, -0.15) is 74.6 Å². The lowest BCUT2D eigenvalue weighted by atomic mass is 10.0. The molecule has 0 aromatic heterocycles. The van der Waals surface area contributed by atoms with Gasteiger partial charge in [-0.05, 0) is 189 Å². The Bertz CT molecular complexity index is 4110. The van der Waals surface area contributed by atoms with Gasteiger partial charge in [-0.25, -0.2) is 0 Å². The molecule has 0 atom stereocenters. The summed E-state index contributed by atoms with van der Waals surface area (Å²) in [6.45, 7) is 8.60. The van der Waals surface area contributed by atoms with Crippen molar-refractivity contribution in [2.24, 2.45) is 51.1 Å². The van der Waals surface area contributed by atoms with E-state index in [1.54, 1.807) is 77.1 Å². The van der Waals surface area contributed by atoms with Crippen molar-refractivity contribution in [3.8, 4) is 11.5 Å². The molecule has 76 heavy (non-hydrogen) atoms. The largest absolute Gasteiger partial charge is 0.508 e. The van der Waals surface area contributed by atoms with E-state index in [1.807, 2.05) is 0 Å². The molecule has 0 radical (unpaired) electrons. The zero-order valence-electron chi connectivity index (χ0n) is 40.5. The van der Waals surface area contributed by atoms with E-state index in [-0.39, 0.29) is 40.7 Å². The molecule has 394 valence electrons. The maximum Gasteiger partial charge on any atom is 0.296 e. The van der Waals surface area contributed by atoms with Gasteiger partial charge in [-0.15, -0.1) is 10.2 Å². The van der Waals surface area contributed by atoms with Crippen LogP contribution in [0.25, 0.3) is 10.8 Å². The van der Waals surface area contributed by atoms with Crippen LogP contribution in [0.2, 0.25) is 0 Å². The quantitative estimate of drug-likeness (QED) is 0.0365. The fraction of sp³-hybridized carbons (Fsp3) is 0.167. The molecule has 0 saturated carbocycles. The normalized spacial score (nSPS) is 13.0. The minimum absolute atomic E-state index is 0.0424. The second-order valence-corrected chi connectivity index (χ2v) is 22.8. The van der Waals surface area contributed by atoms with Crippen LogP contribution in [0, 0.1) is 34.6 Å². The average Bonchev–Trinajstić information content (AvgIpc) is 3.33. The SMILES string of the molecule is Cc1cc(N=Nc2cc(C)c(N=Nc3ccc(S(=O)(=O)O)cc3S(=O)(=O)O)cc2CCCS(=O)(=O)O)c(C)cc1N=Nc1cc(C)c(N=Nc2c(S(=O)(=O)O)cc3cc(/N=N/c4ccc(O)cc4)ccc3c2O)cc1C. The van der Waals surface area contributed by atoms with Gasteiger partial charge in [0.05, 0.1) is 56.1 Å². The highest BCUT2D eigenvalue weighted by molar-refractivity contribution is 7.87. The molecule has 0 heterocycles. The lowest BCUT2D eigenvalue weighted by Crippen LogP contribution is -2.05. The minimum Gasteiger partial charge on any atom is -0.508 e. The Morgan fingerprint density at radius 2 is 0.855 bits per heavy atom. The second-order valence-electron chi connectivity index (χ2n) is 17.1. The topological polar surface area (TPSA) is 382 Å². The molecule has 0 saturated heterocycles. The Balaban J connectivity index is 1.12. The van der Waals surface area contributed by atoms with E-state index in [0.29, 0.717) is 73.6 Å². The summed E-state index contributed by atoms with van der Waals surface area (Å²) >= 11 is 0. The van der Waals surface area contributed by atoms with Crippen molar-refractivity contribution < 1.29 is 62.1 Å². The molecule has 0 spiro atoms. The third kappa shape index (κ3) is 13.8. The highest BCUT2D eigenvalue weighted by atomic mass is 32.2. The van der Waals surface area contributed by atoms with Crippen molar-refractivity contribution in [2.75, 3.05) is 5.75 Å². The first-order valence-corrected chi connectivity index (χ1v) is 28.0. The van der Waals surface area contributed by atoms with Crippen LogP contribution in [-0.4, -0.2) is 67.8 Å². The number of aryl methyl sites for hydroxylation is 6. The van der Waals surface area contributed by atoms with Crippen LogP contribution >= 0.6 is 0 Å². The summed E-state index contributed by atoms with van der Waals surface area (Å²) in [6, 6.07) is 23.7. The van der Waals surface area contributed by atoms with Crippen LogP contribution in [0.1, 0.15) is 39.8 Å². The van der Waals surface area contributed by atoms with E-state index in [4.69, 9.17) is 0 Å². The van der Waals surface area contributed by atoms with Gasteiger partial charge in [0, 0.05) is 5.39 Å². The number of azo groups is 5. The van der Waals surface area contributed by atoms with Crippen molar-refractivity contribution in [1.82, 2.24) is 0 Å². The Kier molecular flexibility index (Phi) is 16.2. The van der Waals surface area contributed by atoms with Crippen molar-refractivity contribution in [1.29, 1.82) is 0 Å². The molecular formula is C48H44N10O14S4. The maximum absolute atomic E-state index is 12.6. The fourth-order valence-corrected chi connectivity index (χ4v) is 9.67. The summed E-state index contributed by atoms with van der Waals surface area (Å²) in [4.78, 5) is -2.47. The van der Waals surface area contributed by atoms with Gasteiger partial charge in [0.15, 0.2) is 5.75 Å². The molecule has 6 N–H and O–H groups in total. The van der Waals surface area contributed by atoms with Crippen LogP contribution < -0.4 is 0 Å². The predicted octanol–water partition coefficient (Wildman–Crippen LogP) is 13.4. The number of hydrogen-bond donors (Lipinski definition) is 6. The average molecular weight is 1110 g/mol. The van der Waals surface area contributed by atoms with Crippen molar-refractivity contribution in [2.45, 2.75) is 62.1 Å². The van der Waals surface area contributed by atoms with Gasteiger partial charge in [0.25, 0.3) is 40.5 Å². The number of aromatic hydroxyl groups is 2. The van der Waals surface area contributed by atoms with Gasteiger partial charge in [0.2, 0.25) is 0 Å². The summed E-state index contributed by atoms with van der Waals surface area (Å²) in [7, 11) is -19.2. The van der Waals surface area contributed by atoms with Crippen molar-refractivity contribution in [3.63, 3.8) is 0 Å². The molecule has 24 nitrogen and oxygen atoms in total. The molecule has 0 unspecified atom stereocenters. The van der Waals surface area contributed by atoms with E-state index < -0.39 is 78.0 Å². The summed E-state index contributed by atoms with van der Waals surface area (Å²) in [5, 5.41) is 63.5. The van der Waals surface area contributed by atoms with Crippen LogP contribution in [0.3, 0.4) is 0 Å². The van der Waals surface area contributed by atoms with E-state index in [1.165, 1.54) is 36.4 Å². The van der Waals surface area contributed by atoms with Crippen molar-refractivity contribution in [3.05, 3.63) is 137 Å². The predicted molar refractivity (Wildman–Crippen MR) is 278 cm³/mol. The Morgan fingerprint density at radius 3 is 1.36 bits per heavy atom. The zero-order valence-corrected chi connectivity index (χ0v) is 43.8. The van der Waals surface area contributed by atoms with Crippen LogP contribution in [-0.2, 0) is 46.9 Å². The number of hydrogen-bond acceptors (Lipinski definition) is 20. The highest BCUT2D eigenvalue weighted by Gasteiger charge is 2.24. The smallest absolute Gasteiger partial charge is 0.296 e. The summed E-state index contributed by atoms with van der Waals surface area (Å²) in [6.07, 6.45) is -0.00842. The molecule has 0 aliphatic rings. The number of phenols is 2. The number of rotatable bonds is 17. The van der Waals surface area contributed by atoms with E-state index in [2.05, 4.69) is 51.1 Å². The molecular weight excluding hydrogens is 1070 g/mol. The van der Waals surface area contributed by atoms with E-state index in [0.717, 1.165) is 18.2 Å². The Labute approximate surface area is 435 Å². The molecule has 28 heteroatoms. The number of phenolic OH excluding ortho intramolecular Hbond substituents is 2. The first-order chi connectivity index (χ1) is 35.5. The van der Waals surface area contributed by atoms with Gasteiger partial charge >= 0.3 is 0 Å². The maximum atomic E-state index is 12.6. The highest BCUT2D eigenvalue weighted by Crippen LogP contribution is 2.44. The standard InChI is InChI=1S/C48H44N10O14S4/c1-26-18-41(54-57-44-21-30(5)43(23-31(44)7-6-16-73(61,62)63)55-51-38-15-13-36(74(64,65)66)25-45(38)75(67,68)69)27(2)17-39(26)52-53-40-19-29(4)42(20-28(40)3)56-58-47-46(76(70,71)72)24-32-22-34(10-14-37(32)48(47)60)50-49-33-8-11-35(59)12-9-33/h8-15,17-25,59-60H,6-7,16H2,1-5H3,(H,61,62,63)(H,64,65,66)(H,67,68,69)(H,70,71,72)/b50-49+,53-52?,55-51?,57-54?,58-56?. The Morgan fingerprint density at radius 1 is 0.408 bits per heavy atom. The van der Waals surface area contributed by atoms with E-state index >= 15 is 0 Å². The van der Waals surface area contributed by atoms with Crippen molar-refractivity contribution >= 4 is 108 Å². The monoisotopic (exact) mass is 1110 g/mol. The molecule has 0 aliphatic carbocycles. The molecule has 7 aromatic carbocycles. The lowest BCUT2D eigenvalue weighted by molar-refractivity contribution is 0.472. The minimum atomic E-state index is -5.05. The second kappa shape index (κ2) is 22.1. The van der Waals surface area contributed by atoms with Gasteiger partial charge in [-0.3, -0.25) is 18.2 Å². The van der Waals surface area contributed by atoms with Crippen LogP contribution in [0.4, 0.5) is 56.9 Å². The number of nitrogens with zero attached hydrogens (tertiary/aromatic N) is 10. The number of benzene rings is 7. The third-order valence-electron chi connectivity index (χ3n) is 11.3.